The van der Waals surface area contributed by atoms with Gasteiger partial charge >= 0.3 is 12.4 Å². The molecule has 1 aliphatic heterocycles. The fraction of sp³-hybridized carbons (Fsp3) is 0.458. The zero-order valence-electron chi connectivity index (χ0n) is 18.7. The summed E-state index contributed by atoms with van der Waals surface area (Å²) in [7, 11) is 0. The van der Waals surface area contributed by atoms with Crippen LogP contribution in [0.2, 0.25) is 0 Å². The molecule has 1 saturated heterocycles. The highest BCUT2D eigenvalue weighted by molar-refractivity contribution is 5.85. The minimum Gasteiger partial charge on any atom is -0.376 e. The highest BCUT2D eigenvalue weighted by atomic mass is 35.5. The van der Waals surface area contributed by atoms with E-state index in [2.05, 4.69) is 10.6 Å². The normalized spacial score (nSPS) is 15.8. The molecule has 3 rings (SSSR count). The molecule has 194 valence electrons. The summed E-state index contributed by atoms with van der Waals surface area (Å²) < 4.78 is 84.1. The van der Waals surface area contributed by atoms with Crippen LogP contribution in [0.5, 0.6) is 0 Å². The molecule has 1 amide bonds. The van der Waals surface area contributed by atoms with Gasteiger partial charge in [-0.3, -0.25) is 4.79 Å². The molecular weight excluding hydrogens is 498 g/mol. The quantitative estimate of drug-likeness (QED) is 0.444. The molecule has 0 aromatic heterocycles. The van der Waals surface area contributed by atoms with Gasteiger partial charge in [0.2, 0.25) is 5.91 Å². The van der Waals surface area contributed by atoms with Crippen LogP contribution in [-0.4, -0.2) is 32.1 Å². The monoisotopic (exact) mass is 524 g/mol. The van der Waals surface area contributed by atoms with E-state index in [-0.39, 0.29) is 54.9 Å². The highest BCUT2D eigenvalue weighted by Gasteiger charge is 2.36. The molecule has 0 bridgehead atoms. The zero-order chi connectivity index (χ0) is 24.8. The van der Waals surface area contributed by atoms with Crippen molar-refractivity contribution in [1.29, 1.82) is 0 Å². The van der Waals surface area contributed by atoms with Gasteiger partial charge in [-0.25, -0.2) is 0 Å². The van der Waals surface area contributed by atoms with E-state index < -0.39 is 30.1 Å². The van der Waals surface area contributed by atoms with Crippen molar-refractivity contribution in [2.45, 2.75) is 37.7 Å². The number of amides is 1. The Morgan fingerprint density at radius 1 is 0.971 bits per heavy atom. The minimum atomic E-state index is -4.92. The summed E-state index contributed by atoms with van der Waals surface area (Å²) in [6.07, 6.45) is -8.37. The second-order valence-corrected chi connectivity index (χ2v) is 8.31. The van der Waals surface area contributed by atoms with Gasteiger partial charge in [-0.15, -0.1) is 12.4 Å². The SMILES string of the molecule is Cl.O=C(NCC(COCc1cc(C(F)(F)F)cc(C(F)(F)F)c1)c1ccccc1)C1CCNCC1. The molecule has 0 saturated carbocycles. The van der Waals surface area contributed by atoms with Crippen molar-refractivity contribution in [2.75, 3.05) is 26.2 Å². The number of benzene rings is 2. The summed E-state index contributed by atoms with van der Waals surface area (Å²) in [5, 5.41) is 6.10. The van der Waals surface area contributed by atoms with E-state index in [9.17, 15) is 31.1 Å². The Kier molecular flexibility index (Phi) is 10.4. The second kappa shape index (κ2) is 12.6. The van der Waals surface area contributed by atoms with Crippen molar-refractivity contribution in [1.82, 2.24) is 10.6 Å². The summed E-state index contributed by atoms with van der Waals surface area (Å²) in [5.41, 5.74) is -2.15. The maximum absolute atomic E-state index is 13.1. The molecule has 2 aromatic carbocycles. The zero-order valence-corrected chi connectivity index (χ0v) is 19.5. The minimum absolute atomic E-state index is 0. The van der Waals surface area contributed by atoms with E-state index in [0.717, 1.165) is 31.5 Å². The molecule has 2 N–H and O–H groups in total. The third-order valence-corrected chi connectivity index (χ3v) is 5.74. The molecule has 35 heavy (non-hydrogen) atoms. The van der Waals surface area contributed by atoms with Gasteiger partial charge in [-0.05, 0) is 55.3 Å². The lowest BCUT2D eigenvalue weighted by Crippen LogP contribution is -2.40. The van der Waals surface area contributed by atoms with Crippen LogP contribution in [0.25, 0.3) is 0 Å². The summed E-state index contributed by atoms with van der Waals surface area (Å²) >= 11 is 0. The lowest BCUT2D eigenvalue weighted by molar-refractivity contribution is -0.143. The molecule has 4 nitrogen and oxygen atoms in total. The third kappa shape index (κ3) is 8.70. The van der Waals surface area contributed by atoms with Gasteiger partial charge in [0.25, 0.3) is 0 Å². The van der Waals surface area contributed by atoms with Crippen LogP contribution in [0.3, 0.4) is 0 Å². The van der Waals surface area contributed by atoms with Crippen molar-refractivity contribution in [3.8, 4) is 0 Å². The van der Waals surface area contributed by atoms with E-state index in [1.165, 1.54) is 0 Å². The van der Waals surface area contributed by atoms with E-state index in [4.69, 9.17) is 4.74 Å². The molecule has 0 spiro atoms. The molecule has 1 atom stereocenters. The molecular formula is C24H27ClF6N2O2. The third-order valence-electron chi connectivity index (χ3n) is 5.74. The van der Waals surface area contributed by atoms with E-state index in [1.54, 1.807) is 12.1 Å². The number of ether oxygens (including phenoxy) is 1. The first-order valence-corrected chi connectivity index (χ1v) is 10.9. The molecule has 1 unspecified atom stereocenters. The molecule has 1 aliphatic rings. The van der Waals surface area contributed by atoms with Crippen LogP contribution >= 0.6 is 12.4 Å². The Morgan fingerprint density at radius 3 is 2.09 bits per heavy atom. The van der Waals surface area contributed by atoms with Gasteiger partial charge in [0.1, 0.15) is 0 Å². The summed E-state index contributed by atoms with van der Waals surface area (Å²) in [5.74, 6) is -0.487. The van der Waals surface area contributed by atoms with Gasteiger partial charge in [0.05, 0.1) is 24.3 Å². The Bertz CT molecular complexity index is 915. The number of carbonyl (C=O) groups is 1. The predicted molar refractivity (Wildman–Crippen MR) is 121 cm³/mol. The average molecular weight is 525 g/mol. The first-order chi connectivity index (χ1) is 16.0. The number of piperidine rings is 1. The Hall–Kier alpha value is -2.30. The number of nitrogens with one attached hydrogen (secondary N) is 2. The number of hydrogen-bond acceptors (Lipinski definition) is 3. The summed E-state index contributed by atoms with van der Waals surface area (Å²) in [6, 6.07) is 10.5. The van der Waals surface area contributed by atoms with E-state index in [1.807, 2.05) is 18.2 Å². The van der Waals surface area contributed by atoms with Crippen molar-refractivity contribution < 1.29 is 35.9 Å². The summed E-state index contributed by atoms with van der Waals surface area (Å²) in [4.78, 5) is 12.5. The fourth-order valence-electron chi connectivity index (χ4n) is 3.87. The molecule has 0 aliphatic carbocycles. The van der Waals surface area contributed by atoms with Crippen LogP contribution < -0.4 is 10.6 Å². The molecule has 1 fully saturated rings. The lowest BCUT2D eigenvalue weighted by atomic mass is 9.96. The van der Waals surface area contributed by atoms with Gasteiger partial charge < -0.3 is 15.4 Å². The molecule has 11 heteroatoms. The van der Waals surface area contributed by atoms with Crippen molar-refractivity contribution in [3.63, 3.8) is 0 Å². The van der Waals surface area contributed by atoms with Crippen molar-refractivity contribution >= 4 is 18.3 Å². The number of halogens is 7. The first kappa shape index (κ1) is 28.9. The van der Waals surface area contributed by atoms with Gasteiger partial charge in [0, 0.05) is 18.4 Å². The topological polar surface area (TPSA) is 50.4 Å². The van der Waals surface area contributed by atoms with Crippen molar-refractivity contribution in [3.05, 3.63) is 70.8 Å². The van der Waals surface area contributed by atoms with Crippen LogP contribution in [0.15, 0.2) is 48.5 Å². The van der Waals surface area contributed by atoms with E-state index in [0.29, 0.717) is 12.1 Å². The van der Waals surface area contributed by atoms with Crippen molar-refractivity contribution in [2.24, 2.45) is 5.92 Å². The van der Waals surface area contributed by atoms with Crippen LogP contribution in [0.1, 0.15) is 41.0 Å². The second-order valence-electron chi connectivity index (χ2n) is 8.31. The standard InChI is InChI=1S/C24H26F6N2O2.ClH/c25-23(26,27)20-10-16(11-21(12-20)24(28,29)30)14-34-15-19(17-4-2-1-3-5-17)13-32-22(33)18-6-8-31-9-7-18;/h1-5,10-12,18-19,31H,6-9,13-15H2,(H,32,33);1H. The fourth-order valence-corrected chi connectivity index (χ4v) is 3.87. The van der Waals surface area contributed by atoms with Crippen LogP contribution in [-0.2, 0) is 28.5 Å². The Morgan fingerprint density at radius 2 is 1.54 bits per heavy atom. The Labute approximate surface area is 205 Å². The number of carbonyl (C=O) groups excluding carboxylic acids is 1. The van der Waals surface area contributed by atoms with E-state index >= 15 is 0 Å². The van der Waals surface area contributed by atoms with Gasteiger partial charge in [0.15, 0.2) is 0 Å². The first-order valence-electron chi connectivity index (χ1n) is 10.9. The maximum Gasteiger partial charge on any atom is 0.416 e. The van der Waals surface area contributed by atoms with Gasteiger partial charge in [-0.2, -0.15) is 26.3 Å². The lowest BCUT2D eigenvalue weighted by Gasteiger charge is -2.24. The summed E-state index contributed by atoms with van der Waals surface area (Å²) in [6.45, 7) is 1.34. The molecule has 2 aromatic rings. The van der Waals surface area contributed by atoms with Crippen LogP contribution in [0, 0.1) is 5.92 Å². The number of hydrogen-bond donors (Lipinski definition) is 2. The highest BCUT2D eigenvalue weighted by Crippen LogP contribution is 2.36. The van der Waals surface area contributed by atoms with Gasteiger partial charge in [-0.1, -0.05) is 30.3 Å². The number of alkyl halides is 6. The van der Waals surface area contributed by atoms with Crippen LogP contribution in [0.4, 0.5) is 26.3 Å². The molecule has 1 heterocycles. The molecule has 0 radical (unpaired) electrons. The maximum atomic E-state index is 13.1. The average Bonchev–Trinajstić information content (AvgIpc) is 2.81. The smallest absolute Gasteiger partial charge is 0.376 e. The Balaban J connectivity index is 0.00000432. The largest absolute Gasteiger partial charge is 0.416 e. The predicted octanol–water partition coefficient (Wildman–Crippen LogP) is 5.56. The number of rotatable bonds is 8.